The van der Waals surface area contributed by atoms with Gasteiger partial charge in [-0.25, -0.2) is 0 Å². The fraction of sp³-hybridized carbons (Fsp3) is 0.412. The van der Waals surface area contributed by atoms with Crippen LogP contribution in [0.5, 0.6) is 0 Å². The quantitative estimate of drug-likeness (QED) is 0.896. The van der Waals surface area contributed by atoms with E-state index in [0.717, 1.165) is 18.4 Å². The van der Waals surface area contributed by atoms with Gasteiger partial charge in [0.1, 0.15) is 0 Å². The Morgan fingerprint density at radius 3 is 2.92 bits per heavy atom. The summed E-state index contributed by atoms with van der Waals surface area (Å²) in [7, 11) is 0. The van der Waals surface area contributed by atoms with E-state index in [4.69, 9.17) is 21.9 Å². The van der Waals surface area contributed by atoms with Crippen molar-refractivity contribution in [2.45, 2.75) is 25.8 Å². The summed E-state index contributed by atoms with van der Waals surface area (Å²) in [6, 6.07) is 9.03. The molecule has 130 valence electrons. The molecule has 1 aromatic carbocycles. The highest BCUT2D eigenvalue weighted by atomic mass is 35.5. The molecule has 1 amide bonds. The molecule has 1 aliphatic heterocycles. The SMILES string of the molecule is CC1CCN(C(=O)c2cc(-c3ccccc3Cl)on2)C(CN)C1.Cl. The van der Waals surface area contributed by atoms with Gasteiger partial charge in [-0.3, -0.25) is 4.79 Å². The molecule has 0 aliphatic carbocycles. The third kappa shape index (κ3) is 3.74. The third-order valence-corrected chi connectivity index (χ3v) is 4.71. The van der Waals surface area contributed by atoms with E-state index < -0.39 is 0 Å². The first-order valence-electron chi connectivity index (χ1n) is 7.82. The second-order valence-corrected chi connectivity index (χ2v) is 6.48. The number of nitrogens with zero attached hydrogens (tertiary/aromatic N) is 2. The van der Waals surface area contributed by atoms with E-state index in [-0.39, 0.29) is 24.4 Å². The summed E-state index contributed by atoms with van der Waals surface area (Å²) in [6.45, 7) is 3.36. The summed E-state index contributed by atoms with van der Waals surface area (Å²) in [5.41, 5.74) is 6.86. The van der Waals surface area contributed by atoms with E-state index in [1.165, 1.54) is 0 Å². The van der Waals surface area contributed by atoms with Crippen LogP contribution < -0.4 is 5.73 Å². The summed E-state index contributed by atoms with van der Waals surface area (Å²) in [5.74, 6) is 0.951. The molecule has 2 atom stereocenters. The lowest BCUT2D eigenvalue weighted by Gasteiger charge is -2.37. The van der Waals surface area contributed by atoms with Crippen molar-refractivity contribution >= 4 is 29.9 Å². The van der Waals surface area contributed by atoms with Gasteiger partial charge in [0.05, 0.1) is 5.02 Å². The van der Waals surface area contributed by atoms with Crippen molar-refractivity contribution < 1.29 is 9.32 Å². The molecule has 0 saturated carbocycles. The van der Waals surface area contributed by atoms with E-state index in [1.54, 1.807) is 12.1 Å². The van der Waals surface area contributed by atoms with Crippen molar-refractivity contribution in [2.75, 3.05) is 13.1 Å². The Morgan fingerprint density at radius 1 is 1.46 bits per heavy atom. The van der Waals surface area contributed by atoms with Crippen LogP contribution in [0.15, 0.2) is 34.9 Å². The first-order chi connectivity index (χ1) is 11.1. The van der Waals surface area contributed by atoms with Crippen molar-refractivity contribution in [3.63, 3.8) is 0 Å². The number of piperidine rings is 1. The zero-order chi connectivity index (χ0) is 16.4. The smallest absolute Gasteiger partial charge is 0.276 e. The van der Waals surface area contributed by atoms with E-state index in [2.05, 4.69) is 12.1 Å². The van der Waals surface area contributed by atoms with Crippen LogP contribution in [0.1, 0.15) is 30.3 Å². The average Bonchev–Trinajstić information content (AvgIpc) is 3.04. The summed E-state index contributed by atoms with van der Waals surface area (Å²) in [4.78, 5) is 14.5. The summed E-state index contributed by atoms with van der Waals surface area (Å²) in [5, 5.41) is 4.50. The molecule has 0 bridgehead atoms. The minimum atomic E-state index is -0.130. The Morgan fingerprint density at radius 2 is 2.21 bits per heavy atom. The average molecular weight is 370 g/mol. The second kappa shape index (κ2) is 8.01. The van der Waals surface area contributed by atoms with Gasteiger partial charge in [-0.15, -0.1) is 12.4 Å². The maximum atomic E-state index is 12.7. The number of amides is 1. The predicted molar refractivity (Wildman–Crippen MR) is 96.5 cm³/mol. The molecular weight excluding hydrogens is 349 g/mol. The van der Waals surface area contributed by atoms with Gasteiger partial charge in [-0.05, 0) is 30.9 Å². The highest BCUT2D eigenvalue weighted by Gasteiger charge is 2.31. The van der Waals surface area contributed by atoms with Crippen LogP contribution in [0, 0.1) is 5.92 Å². The fourth-order valence-electron chi connectivity index (χ4n) is 3.05. The van der Waals surface area contributed by atoms with Crippen LogP contribution in [-0.2, 0) is 0 Å². The molecule has 0 spiro atoms. The Kier molecular flexibility index (Phi) is 6.27. The first-order valence-corrected chi connectivity index (χ1v) is 8.20. The molecule has 2 N–H and O–H groups in total. The van der Waals surface area contributed by atoms with E-state index in [1.807, 2.05) is 23.1 Å². The molecule has 1 fully saturated rings. The van der Waals surface area contributed by atoms with Crippen LogP contribution in [0.3, 0.4) is 0 Å². The molecule has 7 heteroatoms. The van der Waals surface area contributed by atoms with Gasteiger partial charge >= 0.3 is 0 Å². The Labute approximate surface area is 152 Å². The molecule has 3 rings (SSSR count). The number of nitrogens with two attached hydrogens (primary N) is 1. The first kappa shape index (κ1) is 18.8. The molecule has 2 aromatic rings. The predicted octanol–water partition coefficient (Wildman–Crippen LogP) is 3.62. The Hall–Kier alpha value is -1.56. The van der Waals surface area contributed by atoms with Crippen LogP contribution in [0.2, 0.25) is 5.02 Å². The number of aromatic nitrogens is 1. The highest BCUT2D eigenvalue weighted by molar-refractivity contribution is 6.33. The zero-order valence-corrected chi connectivity index (χ0v) is 15.0. The molecule has 1 saturated heterocycles. The molecule has 5 nitrogen and oxygen atoms in total. The van der Waals surface area contributed by atoms with Crippen LogP contribution in [-0.4, -0.2) is 35.1 Å². The number of carbonyl (C=O) groups is 1. The number of hydrogen-bond donors (Lipinski definition) is 1. The maximum Gasteiger partial charge on any atom is 0.276 e. The minimum Gasteiger partial charge on any atom is -0.355 e. The van der Waals surface area contributed by atoms with Crippen molar-refractivity contribution in [1.82, 2.24) is 10.1 Å². The van der Waals surface area contributed by atoms with E-state index >= 15 is 0 Å². The second-order valence-electron chi connectivity index (χ2n) is 6.07. The van der Waals surface area contributed by atoms with Crippen molar-refractivity contribution in [2.24, 2.45) is 11.7 Å². The van der Waals surface area contributed by atoms with E-state index in [0.29, 0.717) is 35.5 Å². The monoisotopic (exact) mass is 369 g/mol. The number of benzene rings is 1. The lowest BCUT2D eigenvalue weighted by atomic mass is 9.92. The maximum absolute atomic E-state index is 12.7. The van der Waals surface area contributed by atoms with Crippen LogP contribution in [0.4, 0.5) is 0 Å². The third-order valence-electron chi connectivity index (χ3n) is 4.38. The van der Waals surface area contributed by atoms with Crippen molar-refractivity contribution in [1.29, 1.82) is 0 Å². The molecular formula is C17H21Cl2N3O2. The molecule has 0 radical (unpaired) electrons. The zero-order valence-electron chi connectivity index (χ0n) is 13.4. The molecule has 2 unspecified atom stereocenters. The number of carbonyl (C=O) groups excluding carboxylic acids is 1. The Balaban J connectivity index is 0.00000208. The standard InChI is InChI=1S/C17H20ClN3O2.ClH/c1-11-6-7-21(12(8-11)10-19)17(22)15-9-16(23-20-15)13-4-2-3-5-14(13)18;/h2-5,9,11-12H,6-8,10,19H2,1H3;1H. The fourth-order valence-corrected chi connectivity index (χ4v) is 3.28. The molecule has 1 aliphatic rings. The van der Waals surface area contributed by atoms with Gasteiger partial charge < -0.3 is 15.2 Å². The van der Waals surface area contributed by atoms with E-state index in [9.17, 15) is 4.79 Å². The Bertz CT molecular complexity index is 705. The summed E-state index contributed by atoms with van der Waals surface area (Å²) < 4.78 is 5.32. The van der Waals surface area contributed by atoms with Gasteiger partial charge in [0, 0.05) is 30.8 Å². The lowest BCUT2D eigenvalue weighted by Crippen LogP contribution is -2.49. The molecule has 1 aromatic heterocycles. The van der Waals surface area contributed by atoms with Gasteiger partial charge in [0.2, 0.25) is 0 Å². The van der Waals surface area contributed by atoms with Gasteiger partial charge in [-0.1, -0.05) is 35.8 Å². The van der Waals surface area contributed by atoms with Crippen LogP contribution >= 0.6 is 24.0 Å². The van der Waals surface area contributed by atoms with Gasteiger partial charge in [-0.2, -0.15) is 0 Å². The number of rotatable bonds is 3. The van der Waals surface area contributed by atoms with Crippen LogP contribution in [0.25, 0.3) is 11.3 Å². The topological polar surface area (TPSA) is 72.4 Å². The van der Waals surface area contributed by atoms with Gasteiger partial charge in [0.25, 0.3) is 5.91 Å². The lowest BCUT2D eigenvalue weighted by molar-refractivity contribution is 0.0563. The van der Waals surface area contributed by atoms with Gasteiger partial charge in [0.15, 0.2) is 11.5 Å². The summed E-state index contributed by atoms with van der Waals surface area (Å²) >= 11 is 6.16. The largest absolute Gasteiger partial charge is 0.355 e. The normalized spacial score (nSPS) is 20.5. The van der Waals surface area contributed by atoms with Crippen molar-refractivity contribution in [3.05, 3.63) is 41.0 Å². The highest BCUT2D eigenvalue weighted by Crippen LogP contribution is 2.29. The van der Waals surface area contributed by atoms with Crippen molar-refractivity contribution in [3.8, 4) is 11.3 Å². The minimum absolute atomic E-state index is 0. The number of likely N-dealkylation sites (tertiary alicyclic amines) is 1. The number of hydrogen-bond acceptors (Lipinski definition) is 4. The number of halogens is 2. The molecule has 24 heavy (non-hydrogen) atoms. The summed E-state index contributed by atoms with van der Waals surface area (Å²) in [6.07, 6.45) is 1.91. The molecule has 2 heterocycles.